The van der Waals surface area contributed by atoms with Crippen molar-refractivity contribution in [1.82, 2.24) is 0 Å². The summed E-state index contributed by atoms with van der Waals surface area (Å²) in [6.07, 6.45) is 0. The minimum absolute atomic E-state index is 0.291. The van der Waals surface area contributed by atoms with Crippen molar-refractivity contribution >= 4 is 44.2 Å². The van der Waals surface area contributed by atoms with E-state index in [4.69, 9.17) is 15.9 Å². The van der Waals surface area contributed by atoms with Gasteiger partial charge in [0.25, 0.3) is 5.91 Å². The fourth-order valence-corrected chi connectivity index (χ4v) is 2.79. The Bertz CT molecular complexity index is 885. The highest BCUT2D eigenvalue weighted by Gasteiger charge is 2.17. The summed E-state index contributed by atoms with van der Waals surface area (Å²) in [7, 11) is 0. The summed E-state index contributed by atoms with van der Waals surface area (Å²) in [5, 5.41) is 4.08. The van der Waals surface area contributed by atoms with Crippen LogP contribution in [0, 0.1) is 6.92 Å². The van der Waals surface area contributed by atoms with Gasteiger partial charge in [-0.25, -0.2) is 0 Å². The molecule has 0 unspecified atom stereocenters. The highest BCUT2D eigenvalue weighted by Crippen LogP contribution is 2.35. The lowest BCUT2D eigenvalue weighted by molar-refractivity contribution is 0.100. The monoisotopic (exact) mass is 373 g/mol. The van der Waals surface area contributed by atoms with Crippen LogP contribution in [0.3, 0.4) is 0 Å². The van der Waals surface area contributed by atoms with Crippen LogP contribution < -0.4 is 16.8 Å². The van der Waals surface area contributed by atoms with Gasteiger partial charge in [-0.15, -0.1) is 0 Å². The zero-order chi connectivity index (χ0) is 16.6. The number of carbonyl (C=O) groups excluding carboxylic acids is 1. The highest BCUT2D eigenvalue weighted by atomic mass is 79.9. The molecule has 0 saturated heterocycles. The second kappa shape index (κ2) is 5.96. The van der Waals surface area contributed by atoms with E-state index < -0.39 is 5.91 Å². The molecule has 1 heterocycles. The molecule has 118 valence electrons. The Hall–Kier alpha value is -2.47. The quantitative estimate of drug-likeness (QED) is 0.606. The smallest absolute Gasteiger partial charge is 0.252 e. The molecule has 1 amide bonds. The summed E-state index contributed by atoms with van der Waals surface area (Å²) in [4.78, 5) is 11.6. The Morgan fingerprint density at radius 1 is 1.26 bits per heavy atom. The van der Waals surface area contributed by atoms with Crippen molar-refractivity contribution in [1.29, 1.82) is 0 Å². The lowest BCUT2D eigenvalue weighted by Crippen LogP contribution is -2.12. The number of aryl methyl sites for hydroxylation is 1. The number of hydrogen-bond donors (Lipinski definition) is 3. The van der Waals surface area contributed by atoms with E-state index in [2.05, 4.69) is 21.2 Å². The number of furan rings is 1. The Balaban J connectivity index is 2.00. The molecule has 1 aromatic heterocycles. The summed E-state index contributed by atoms with van der Waals surface area (Å²) in [6.45, 7) is 2.42. The van der Waals surface area contributed by atoms with E-state index in [0.29, 0.717) is 29.1 Å². The van der Waals surface area contributed by atoms with Crippen molar-refractivity contribution in [3.05, 3.63) is 57.8 Å². The number of rotatable bonds is 4. The number of nitrogen functional groups attached to an aromatic ring is 1. The number of nitrogens with two attached hydrogens (primary N) is 2. The van der Waals surface area contributed by atoms with E-state index in [1.54, 1.807) is 6.07 Å². The van der Waals surface area contributed by atoms with Crippen LogP contribution in [-0.4, -0.2) is 5.91 Å². The van der Waals surface area contributed by atoms with Gasteiger partial charge in [0.05, 0.1) is 16.9 Å². The molecular weight excluding hydrogens is 358 g/mol. The number of amides is 1. The normalized spacial score (nSPS) is 10.9. The largest absolute Gasteiger partial charge is 0.460 e. The fraction of sp³-hybridized carbons (Fsp3) is 0.118. The molecule has 0 atom stereocenters. The van der Waals surface area contributed by atoms with Gasteiger partial charge < -0.3 is 21.2 Å². The van der Waals surface area contributed by atoms with Crippen molar-refractivity contribution in [2.24, 2.45) is 5.73 Å². The Morgan fingerprint density at radius 3 is 2.61 bits per heavy atom. The SMILES string of the molecule is Cc1cc2c(NCc3ccc(Br)cc3)c(N)cc(C(N)=O)c2o1. The van der Waals surface area contributed by atoms with Crippen LogP contribution in [0.5, 0.6) is 0 Å². The second-order valence-corrected chi connectivity index (χ2v) is 6.25. The third-order valence-electron chi connectivity index (χ3n) is 3.61. The van der Waals surface area contributed by atoms with Crippen LogP contribution in [0.1, 0.15) is 21.7 Å². The molecular formula is C17H16BrN3O2. The molecule has 0 aliphatic rings. The maximum absolute atomic E-state index is 11.6. The lowest BCUT2D eigenvalue weighted by Gasteiger charge is -2.12. The van der Waals surface area contributed by atoms with Crippen molar-refractivity contribution < 1.29 is 9.21 Å². The first kappa shape index (κ1) is 15.4. The van der Waals surface area contributed by atoms with Crippen LogP contribution >= 0.6 is 15.9 Å². The molecule has 5 nitrogen and oxygen atoms in total. The first-order chi connectivity index (χ1) is 11.0. The van der Waals surface area contributed by atoms with Gasteiger partial charge >= 0.3 is 0 Å². The Kier molecular flexibility index (Phi) is 4.00. The number of fused-ring (bicyclic) bond motifs is 1. The number of anilines is 2. The zero-order valence-electron chi connectivity index (χ0n) is 12.5. The van der Waals surface area contributed by atoms with Gasteiger partial charge in [-0.05, 0) is 36.8 Å². The molecule has 2 aromatic carbocycles. The molecule has 5 N–H and O–H groups in total. The van der Waals surface area contributed by atoms with E-state index in [-0.39, 0.29) is 0 Å². The predicted molar refractivity (Wildman–Crippen MR) is 95.4 cm³/mol. The van der Waals surface area contributed by atoms with Gasteiger partial charge in [0.1, 0.15) is 11.3 Å². The summed E-state index contributed by atoms with van der Waals surface area (Å²) >= 11 is 3.41. The number of nitrogens with one attached hydrogen (secondary N) is 1. The maximum atomic E-state index is 11.6. The molecule has 0 aliphatic carbocycles. The fourth-order valence-electron chi connectivity index (χ4n) is 2.52. The van der Waals surface area contributed by atoms with Crippen molar-refractivity contribution in [3.63, 3.8) is 0 Å². The van der Waals surface area contributed by atoms with Crippen LogP contribution in [0.25, 0.3) is 11.0 Å². The van der Waals surface area contributed by atoms with Gasteiger partial charge in [-0.1, -0.05) is 28.1 Å². The van der Waals surface area contributed by atoms with E-state index in [1.165, 1.54) is 0 Å². The number of hydrogen-bond acceptors (Lipinski definition) is 4. The summed E-state index contributed by atoms with van der Waals surface area (Å²) in [5.41, 5.74) is 14.6. The van der Waals surface area contributed by atoms with Gasteiger partial charge in [-0.2, -0.15) is 0 Å². The molecule has 3 rings (SSSR count). The van der Waals surface area contributed by atoms with Gasteiger partial charge in [0.15, 0.2) is 0 Å². The molecule has 0 radical (unpaired) electrons. The molecule has 3 aromatic rings. The molecule has 23 heavy (non-hydrogen) atoms. The topological polar surface area (TPSA) is 94.3 Å². The van der Waals surface area contributed by atoms with Crippen LogP contribution in [0.4, 0.5) is 11.4 Å². The third-order valence-corrected chi connectivity index (χ3v) is 4.13. The lowest BCUT2D eigenvalue weighted by atomic mass is 10.1. The number of halogens is 1. The first-order valence-electron chi connectivity index (χ1n) is 7.06. The first-order valence-corrected chi connectivity index (χ1v) is 7.85. The van der Waals surface area contributed by atoms with Crippen molar-refractivity contribution in [3.8, 4) is 0 Å². The summed E-state index contributed by atoms with van der Waals surface area (Å²) in [6, 6.07) is 11.4. The molecule has 0 bridgehead atoms. The summed E-state index contributed by atoms with van der Waals surface area (Å²) < 4.78 is 6.65. The van der Waals surface area contributed by atoms with Crippen molar-refractivity contribution in [2.45, 2.75) is 13.5 Å². The van der Waals surface area contributed by atoms with Gasteiger partial charge in [0, 0.05) is 16.4 Å². The van der Waals surface area contributed by atoms with E-state index in [0.717, 1.165) is 21.1 Å². The zero-order valence-corrected chi connectivity index (χ0v) is 14.1. The number of carbonyl (C=O) groups is 1. The average molecular weight is 374 g/mol. The molecule has 0 saturated carbocycles. The number of benzene rings is 2. The average Bonchev–Trinajstić information content (AvgIpc) is 2.88. The van der Waals surface area contributed by atoms with E-state index >= 15 is 0 Å². The molecule has 0 spiro atoms. The Morgan fingerprint density at radius 2 is 1.96 bits per heavy atom. The number of primary amides is 1. The van der Waals surface area contributed by atoms with Crippen LogP contribution in [0.2, 0.25) is 0 Å². The van der Waals surface area contributed by atoms with Crippen molar-refractivity contribution in [2.75, 3.05) is 11.1 Å². The maximum Gasteiger partial charge on any atom is 0.252 e. The minimum atomic E-state index is -0.560. The highest BCUT2D eigenvalue weighted by molar-refractivity contribution is 9.10. The Labute approximate surface area is 141 Å². The van der Waals surface area contributed by atoms with E-state index in [9.17, 15) is 4.79 Å². The standard InChI is InChI=1S/C17H16BrN3O2/c1-9-6-12-15(21-8-10-2-4-11(18)5-3-10)14(19)7-13(17(20)22)16(12)23-9/h2-7,21H,8,19H2,1H3,(H2,20,22). The van der Waals surface area contributed by atoms with Crippen LogP contribution in [0.15, 0.2) is 45.3 Å². The summed E-state index contributed by atoms with van der Waals surface area (Å²) in [5.74, 6) is 0.135. The van der Waals surface area contributed by atoms with Crippen LogP contribution in [-0.2, 0) is 6.54 Å². The second-order valence-electron chi connectivity index (χ2n) is 5.33. The molecule has 6 heteroatoms. The predicted octanol–water partition coefficient (Wildman–Crippen LogP) is 3.80. The molecule has 0 aliphatic heterocycles. The molecule has 0 fully saturated rings. The van der Waals surface area contributed by atoms with Gasteiger partial charge in [-0.3, -0.25) is 4.79 Å². The van der Waals surface area contributed by atoms with E-state index in [1.807, 2.05) is 37.3 Å². The third kappa shape index (κ3) is 3.03. The minimum Gasteiger partial charge on any atom is -0.460 e. The van der Waals surface area contributed by atoms with Gasteiger partial charge in [0.2, 0.25) is 0 Å².